The minimum absolute atomic E-state index is 3.30. The first-order valence-electron chi connectivity index (χ1n) is 1.35. The van der Waals surface area contributed by atoms with Crippen LogP contribution >= 0.6 is 0 Å². The lowest BCUT2D eigenvalue weighted by atomic mass is 14.5. The van der Waals surface area contributed by atoms with E-state index in [1.165, 1.54) is 0 Å². The number of hydrogen-bond donors (Lipinski definition) is 2. The van der Waals surface area contributed by atoms with Crippen molar-refractivity contribution < 1.29 is 28.8 Å². The van der Waals surface area contributed by atoms with Crippen molar-refractivity contribution in [1.29, 1.82) is 0 Å². The highest BCUT2D eigenvalue weighted by atomic mass is 28.4. The van der Waals surface area contributed by atoms with Crippen molar-refractivity contribution in [1.82, 2.24) is 0 Å². The molecule has 42 valence electrons. The van der Waals surface area contributed by atoms with Gasteiger partial charge in [0.1, 0.15) is 0 Å². The van der Waals surface area contributed by atoms with Crippen LogP contribution in [0.4, 0.5) is 0 Å². The van der Waals surface area contributed by atoms with Gasteiger partial charge < -0.3 is 4.80 Å². The Morgan fingerprint density at radius 2 is 2.00 bits per heavy atom. The molecule has 0 bridgehead atoms. The van der Waals surface area contributed by atoms with Crippen LogP contribution < -0.4 is 0 Å². The van der Waals surface area contributed by atoms with Gasteiger partial charge in [-0.25, -0.2) is 0 Å². The summed E-state index contributed by atoms with van der Waals surface area (Å²) in [5.74, 6) is 0. The Kier molecular flexibility index (Phi) is 1.09. The van der Waals surface area contributed by atoms with E-state index in [9.17, 15) is 0 Å². The first-order valence-corrected chi connectivity index (χ1v) is 3.02. The SMILES string of the molecule is OO[Si]1(O)OOO1. The zero-order valence-corrected chi connectivity index (χ0v) is 4.03. The summed E-state index contributed by atoms with van der Waals surface area (Å²) in [7, 11) is -3.64. The van der Waals surface area contributed by atoms with Gasteiger partial charge in [-0.2, -0.15) is 13.7 Å². The van der Waals surface area contributed by atoms with Gasteiger partial charge in [-0.05, 0) is 0 Å². The van der Waals surface area contributed by atoms with Crippen LogP contribution in [0.5, 0.6) is 0 Å². The van der Waals surface area contributed by atoms with E-state index >= 15 is 0 Å². The van der Waals surface area contributed by atoms with E-state index in [1.807, 2.05) is 0 Å². The van der Waals surface area contributed by atoms with Crippen LogP contribution in [0, 0.1) is 0 Å². The molecule has 0 aliphatic carbocycles. The Balaban J connectivity index is 2.29. The summed E-state index contributed by atoms with van der Waals surface area (Å²) in [5.41, 5.74) is 0. The van der Waals surface area contributed by atoms with Crippen LogP contribution in [0.2, 0.25) is 0 Å². The summed E-state index contributed by atoms with van der Waals surface area (Å²) in [6.07, 6.45) is 0. The van der Waals surface area contributed by atoms with Gasteiger partial charge in [0, 0.05) is 0 Å². The van der Waals surface area contributed by atoms with Gasteiger partial charge in [0.05, 0.1) is 0 Å². The maximum Gasteiger partial charge on any atom is 0.766 e. The van der Waals surface area contributed by atoms with Gasteiger partial charge in [-0.1, -0.05) is 5.04 Å². The molecule has 1 saturated heterocycles. The van der Waals surface area contributed by atoms with E-state index in [0.717, 1.165) is 0 Å². The zero-order valence-electron chi connectivity index (χ0n) is 3.03. The third-order valence-electron chi connectivity index (χ3n) is 0.394. The molecule has 0 radical (unpaired) electrons. The summed E-state index contributed by atoms with van der Waals surface area (Å²) < 4.78 is 10.8. The number of hydrogen-bond acceptors (Lipinski definition) is 6. The van der Waals surface area contributed by atoms with Gasteiger partial charge in [-0.3, -0.25) is 5.26 Å². The highest BCUT2D eigenvalue weighted by Gasteiger charge is 2.55. The molecule has 7 heteroatoms. The second-order valence-electron chi connectivity index (χ2n) is 0.850. The lowest BCUT2D eigenvalue weighted by Gasteiger charge is -2.22. The lowest BCUT2D eigenvalue weighted by molar-refractivity contribution is -0.566. The highest BCUT2D eigenvalue weighted by molar-refractivity contribution is 6.52. The highest BCUT2D eigenvalue weighted by Crippen LogP contribution is 2.14. The van der Waals surface area contributed by atoms with Gasteiger partial charge >= 0.3 is 9.05 Å². The monoisotopic (exact) mass is 126 g/mol. The third-order valence-corrected chi connectivity index (χ3v) is 1.18. The molecule has 6 nitrogen and oxygen atoms in total. The Hall–Kier alpha value is -0.0231. The molecular formula is H2O6Si. The van der Waals surface area contributed by atoms with E-state index in [1.54, 1.807) is 0 Å². The Bertz CT molecular complexity index is 59.1. The van der Waals surface area contributed by atoms with Crippen LogP contribution in [0.25, 0.3) is 0 Å². The molecule has 0 aromatic heterocycles. The van der Waals surface area contributed by atoms with Crippen molar-refractivity contribution in [2.75, 3.05) is 0 Å². The molecule has 0 saturated carbocycles. The van der Waals surface area contributed by atoms with Crippen molar-refractivity contribution in [2.24, 2.45) is 0 Å². The van der Waals surface area contributed by atoms with Crippen molar-refractivity contribution in [3.8, 4) is 0 Å². The normalized spacial score (nSPS) is 26.6. The molecule has 1 aliphatic rings. The predicted octanol–water partition coefficient (Wildman–Crippen LogP) is -1.20. The summed E-state index contributed by atoms with van der Waals surface area (Å²) >= 11 is 0. The van der Waals surface area contributed by atoms with Crippen molar-refractivity contribution in [3.63, 3.8) is 0 Å². The Labute approximate surface area is 39.1 Å². The van der Waals surface area contributed by atoms with Gasteiger partial charge in [0.15, 0.2) is 0 Å². The largest absolute Gasteiger partial charge is 0.766 e. The molecule has 0 spiro atoms. The predicted molar refractivity (Wildman–Crippen MR) is 14.9 cm³/mol. The minimum atomic E-state index is -3.64. The molecule has 0 unspecified atom stereocenters. The van der Waals surface area contributed by atoms with Gasteiger partial charge in [-0.15, -0.1) is 0 Å². The van der Waals surface area contributed by atoms with Crippen LogP contribution in [-0.2, 0) is 18.8 Å². The first-order chi connectivity index (χ1) is 3.27. The van der Waals surface area contributed by atoms with Crippen molar-refractivity contribution in [2.45, 2.75) is 0 Å². The molecule has 0 aromatic rings. The molecule has 1 rings (SSSR count). The average Bonchev–Trinajstić information content (AvgIpc) is 1.61. The summed E-state index contributed by atoms with van der Waals surface area (Å²) in [5, 5.41) is 11.2. The van der Waals surface area contributed by atoms with Crippen LogP contribution in [0.1, 0.15) is 0 Å². The van der Waals surface area contributed by atoms with Crippen molar-refractivity contribution >= 4 is 9.05 Å². The molecule has 0 atom stereocenters. The van der Waals surface area contributed by atoms with E-state index in [0.29, 0.717) is 0 Å². The van der Waals surface area contributed by atoms with E-state index in [2.05, 4.69) is 18.8 Å². The topological polar surface area (TPSA) is 77.4 Å². The molecule has 7 heavy (non-hydrogen) atoms. The molecule has 1 aliphatic heterocycles. The van der Waals surface area contributed by atoms with Crippen molar-refractivity contribution in [3.05, 3.63) is 0 Å². The fraction of sp³-hybridized carbons (Fsp3) is 0. The summed E-state index contributed by atoms with van der Waals surface area (Å²) in [6.45, 7) is 0. The summed E-state index contributed by atoms with van der Waals surface area (Å²) in [4.78, 5) is 8.32. The quantitative estimate of drug-likeness (QED) is 0.261. The molecule has 0 aromatic carbocycles. The molecule has 1 heterocycles. The molecule has 0 amide bonds. The minimum Gasteiger partial charge on any atom is -0.363 e. The second-order valence-corrected chi connectivity index (χ2v) is 2.41. The fourth-order valence-corrected chi connectivity index (χ4v) is 0.368. The summed E-state index contributed by atoms with van der Waals surface area (Å²) in [6, 6.07) is 0. The lowest BCUT2D eigenvalue weighted by Crippen LogP contribution is -2.53. The third kappa shape index (κ3) is 0.785. The maximum atomic E-state index is 8.32. The maximum absolute atomic E-state index is 8.32. The van der Waals surface area contributed by atoms with Gasteiger partial charge in [0.25, 0.3) is 0 Å². The van der Waals surface area contributed by atoms with E-state index in [-0.39, 0.29) is 0 Å². The van der Waals surface area contributed by atoms with Crippen LogP contribution in [0.15, 0.2) is 0 Å². The fourth-order valence-electron chi connectivity index (χ4n) is 0.123. The second kappa shape index (κ2) is 1.49. The standard InChI is InChI=1S/H2O6Si/c1-3-7(2)5-4-6-7/h1-2H. The average molecular weight is 126 g/mol. The Morgan fingerprint density at radius 1 is 1.43 bits per heavy atom. The zero-order chi connectivity index (χ0) is 5.33. The van der Waals surface area contributed by atoms with Gasteiger partial charge in [0.2, 0.25) is 0 Å². The van der Waals surface area contributed by atoms with E-state index in [4.69, 9.17) is 10.1 Å². The molecule has 1 fully saturated rings. The van der Waals surface area contributed by atoms with Crippen LogP contribution in [-0.4, -0.2) is 19.1 Å². The molecule has 2 N–H and O–H groups in total. The molecular weight excluding hydrogens is 124 g/mol. The Morgan fingerprint density at radius 3 is 2.00 bits per heavy atom. The first kappa shape index (κ1) is 5.12. The van der Waals surface area contributed by atoms with E-state index < -0.39 is 9.05 Å². The number of rotatable bonds is 1. The smallest absolute Gasteiger partial charge is 0.363 e. The van der Waals surface area contributed by atoms with Crippen LogP contribution in [0.3, 0.4) is 0 Å².